The molecule has 0 saturated heterocycles. The van der Waals surface area contributed by atoms with Crippen LogP contribution < -0.4 is 48.3 Å². The van der Waals surface area contributed by atoms with E-state index in [0.29, 0.717) is 34.0 Å². The van der Waals surface area contributed by atoms with Gasteiger partial charge in [0.25, 0.3) is 0 Å². The summed E-state index contributed by atoms with van der Waals surface area (Å²) in [6.45, 7) is 2.51. The second-order valence-corrected chi connectivity index (χ2v) is 22.6. The van der Waals surface area contributed by atoms with E-state index in [4.69, 9.17) is 10.5 Å². The van der Waals surface area contributed by atoms with Crippen LogP contribution in [0.4, 0.5) is 4.79 Å². The predicted octanol–water partition coefficient (Wildman–Crippen LogP) is 2.04. The monoisotopic (exact) mass is 1270 g/mol. The van der Waals surface area contributed by atoms with Crippen LogP contribution in [0.2, 0.25) is 0 Å². The number of aliphatic hydroxyl groups is 2. The molecule has 7 rings (SSSR count). The zero-order valence-corrected chi connectivity index (χ0v) is 51.3. The van der Waals surface area contributed by atoms with E-state index in [1.54, 1.807) is 60.8 Å². The van der Waals surface area contributed by atoms with Gasteiger partial charge in [0.1, 0.15) is 54.6 Å². The molecule has 1 aromatic heterocycles. The van der Waals surface area contributed by atoms with Crippen molar-refractivity contribution < 1.29 is 68.3 Å². The van der Waals surface area contributed by atoms with E-state index in [-0.39, 0.29) is 68.4 Å². The van der Waals surface area contributed by atoms with Crippen LogP contribution in [0.25, 0.3) is 22.0 Å². The molecule has 0 aliphatic heterocycles. The highest BCUT2D eigenvalue weighted by Gasteiger charge is 2.37. The van der Waals surface area contributed by atoms with Gasteiger partial charge in [0, 0.05) is 53.8 Å². The highest BCUT2D eigenvalue weighted by Crippen LogP contribution is 2.44. The number of rotatable bonds is 32. The number of phenols is 1. The number of carbonyl (C=O) groups excluding carboxylic acids is 8. The number of phenolic OH excluding ortho intramolecular Hbond substituents is 1. The van der Waals surface area contributed by atoms with E-state index in [9.17, 15) is 63.6 Å². The fourth-order valence-corrected chi connectivity index (χ4v) is 11.0. The number of nitrogens with two attached hydrogens (primary N) is 1. The number of alkyl carbamates (subject to hydrolysis) is 1. The van der Waals surface area contributed by atoms with Crippen LogP contribution in [-0.2, 0) is 62.4 Å². The van der Waals surface area contributed by atoms with E-state index in [0.717, 1.165) is 29.2 Å². The lowest BCUT2D eigenvalue weighted by molar-refractivity contribution is -0.145. The molecule has 0 radical (unpaired) electrons. The molecule has 0 bridgehead atoms. The SMILES string of the molecule is C[C@@H](O)[C@H](NC(=O)[C@H](CS)NC(=O)[C@H](Cc1ccc(O)cc1)NC(=O)[C@H](CCCCN)NC(=O)[C@@H](NC(=O)[C@@H](Cc1c[nH]c2ccccc12)NC(=O)[C@H](CS)NC(=O)[C@H](Cc1ccccc1)NC(=O)OCC1c2ccccc2-c2ccccc21)[C@@H](C)O)C(=O)O. The number of nitrogens with one attached hydrogen (secondary N) is 9. The largest absolute Gasteiger partial charge is 0.508 e. The van der Waals surface area contributed by atoms with Gasteiger partial charge < -0.3 is 78.4 Å². The number of para-hydroxylation sites is 1. The second kappa shape index (κ2) is 33.0. The molecule has 90 heavy (non-hydrogen) atoms. The van der Waals surface area contributed by atoms with E-state index in [1.807, 2.05) is 48.5 Å². The minimum absolute atomic E-state index is 0.0154. The van der Waals surface area contributed by atoms with Crippen molar-refractivity contribution in [3.8, 4) is 16.9 Å². The van der Waals surface area contributed by atoms with Gasteiger partial charge in [0.15, 0.2) is 6.04 Å². The quantitative estimate of drug-likeness (QED) is 0.0212. The minimum Gasteiger partial charge on any atom is -0.508 e. The summed E-state index contributed by atoms with van der Waals surface area (Å²) < 4.78 is 5.81. The van der Waals surface area contributed by atoms with E-state index < -0.39 is 114 Å². The van der Waals surface area contributed by atoms with Crippen molar-refractivity contribution in [2.45, 2.75) is 119 Å². The Morgan fingerprint density at radius 2 is 0.978 bits per heavy atom. The first-order chi connectivity index (χ1) is 43.2. The number of aliphatic carboxylic acids is 1. The smallest absolute Gasteiger partial charge is 0.407 e. The number of carboxylic acid groups (broad SMARTS) is 1. The Kier molecular flexibility index (Phi) is 25.2. The van der Waals surface area contributed by atoms with Crippen molar-refractivity contribution in [1.82, 2.24) is 47.5 Å². The number of carboxylic acids is 1. The first kappa shape index (κ1) is 68.5. The number of fused-ring (bicyclic) bond motifs is 4. The van der Waals surface area contributed by atoms with Crippen LogP contribution in [0.5, 0.6) is 5.75 Å². The number of thiol groups is 2. The topological polar surface area (TPSA) is 382 Å². The maximum absolute atomic E-state index is 14.7. The molecule has 0 saturated carbocycles. The number of aromatic amines is 1. The Balaban J connectivity index is 1.08. The van der Waals surface area contributed by atoms with Crippen molar-refractivity contribution in [1.29, 1.82) is 0 Å². The van der Waals surface area contributed by atoms with E-state index in [1.165, 1.54) is 31.2 Å². The van der Waals surface area contributed by atoms with Gasteiger partial charge in [-0.3, -0.25) is 33.6 Å². The maximum Gasteiger partial charge on any atom is 0.407 e. The lowest BCUT2D eigenvalue weighted by Gasteiger charge is -2.29. The van der Waals surface area contributed by atoms with Crippen LogP contribution in [-0.4, -0.2) is 164 Å². The summed E-state index contributed by atoms with van der Waals surface area (Å²) in [5, 5.41) is 61.8. The van der Waals surface area contributed by atoms with Crippen molar-refractivity contribution >= 4 is 89.6 Å². The third-order valence-electron chi connectivity index (χ3n) is 15.3. The molecule has 26 heteroatoms. The van der Waals surface area contributed by atoms with Gasteiger partial charge in [-0.1, -0.05) is 109 Å². The number of aromatic hydroxyl groups is 1. The number of H-pyrrole nitrogens is 1. The molecule has 1 heterocycles. The van der Waals surface area contributed by atoms with Gasteiger partial charge in [-0.2, -0.15) is 25.3 Å². The molecule has 1 aliphatic rings. The van der Waals surface area contributed by atoms with Crippen molar-refractivity contribution in [2.24, 2.45) is 5.73 Å². The number of carbonyl (C=O) groups is 9. The average molecular weight is 1270 g/mol. The summed E-state index contributed by atoms with van der Waals surface area (Å²) in [6, 6.07) is 25.1. The first-order valence-corrected chi connectivity index (χ1v) is 30.6. The summed E-state index contributed by atoms with van der Waals surface area (Å²) in [6.07, 6.45) is -2.33. The Labute approximate surface area is 530 Å². The summed E-state index contributed by atoms with van der Waals surface area (Å²) in [5.74, 6) is -9.16. The van der Waals surface area contributed by atoms with Crippen LogP contribution >= 0.6 is 25.3 Å². The van der Waals surface area contributed by atoms with Gasteiger partial charge in [-0.25, -0.2) is 9.59 Å². The van der Waals surface area contributed by atoms with E-state index >= 15 is 0 Å². The third kappa shape index (κ3) is 18.6. The number of hydrogen-bond acceptors (Lipinski definition) is 16. The molecule has 0 fully saturated rings. The van der Waals surface area contributed by atoms with Gasteiger partial charge >= 0.3 is 12.1 Å². The standard InChI is InChI=1S/C64H76N10O14S2/c1-35(75)54(62(84)67-48(22-12-13-27-65)56(78)68-49(29-38-23-25-40(77)26-24-38)57(79)71-53(34-90)61(83)74-55(36(2)76)63(85)86)73-59(81)51(30-39-31-66-47-21-11-10-16-41(39)47)69-60(82)52(33-89)70-58(80)50(28-37-14-4-3-5-15-37)72-64(87)88-32-46-44-19-8-6-17-42(44)43-18-7-9-20-45(43)46/h3-11,14-21,23-26,31,35-36,46,48-55,66,75-77,89-90H,12-13,22,27-30,32-34,65H2,1-2H3,(H,67,84)(H,68,78)(H,69,82)(H,70,80)(H,71,79)(H,72,87)(H,73,81)(H,74,83)(H,85,86)/t35-,36-,48+,49+,50+,51-,52+,53+,54+,55+/m1/s1. The lowest BCUT2D eigenvalue weighted by atomic mass is 9.98. The number of unbranched alkanes of at least 4 members (excludes halogenated alkanes) is 1. The number of benzene rings is 5. The van der Waals surface area contributed by atoms with Crippen molar-refractivity contribution in [2.75, 3.05) is 24.7 Å². The minimum atomic E-state index is -1.80. The van der Waals surface area contributed by atoms with Gasteiger partial charge in [0.05, 0.1) is 12.2 Å². The maximum atomic E-state index is 14.7. The van der Waals surface area contributed by atoms with Gasteiger partial charge in [-0.05, 0) is 96.8 Å². The average Bonchev–Trinajstić information content (AvgIpc) is 1.71. The van der Waals surface area contributed by atoms with Crippen LogP contribution in [0.1, 0.15) is 66.8 Å². The van der Waals surface area contributed by atoms with Gasteiger partial charge in [0.2, 0.25) is 41.4 Å². The van der Waals surface area contributed by atoms with Crippen LogP contribution in [0.15, 0.2) is 134 Å². The molecule has 0 spiro atoms. The van der Waals surface area contributed by atoms with Crippen LogP contribution in [0, 0.1) is 0 Å². The molecule has 0 unspecified atom stereocenters. The Bertz CT molecular complexity index is 3440. The predicted molar refractivity (Wildman–Crippen MR) is 341 cm³/mol. The summed E-state index contributed by atoms with van der Waals surface area (Å²) >= 11 is 8.57. The summed E-state index contributed by atoms with van der Waals surface area (Å²) in [7, 11) is 0. The molecular weight excluding hydrogens is 1200 g/mol. The Morgan fingerprint density at radius 1 is 0.522 bits per heavy atom. The van der Waals surface area contributed by atoms with Gasteiger partial charge in [-0.15, -0.1) is 0 Å². The normalized spacial score (nSPS) is 15.1. The molecule has 5 aromatic carbocycles. The Hall–Kier alpha value is -8.95. The highest BCUT2D eigenvalue weighted by molar-refractivity contribution is 7.80. The first-order valence-electron chi connectivity index (χ1n) is 29.3. The molecule has 24 nitrogen and oxygen atoms in total. The summed E-state index contributed by atoms with van der Waals surface area (Å²) in [5.41, 5.74) is 12.2. The number of aliphatic hydroxyl groups excluding tert-OH is 2. The Morgan fingerprint density at radius 3 is 1.54 bits per heavy atom. The molecule has 15 N–H and O–H groups in total. The molecular formula is C64H76N10O14S2. The third-order valence-corrected chi connectivity index (χ3v) is 16.0. The zero-order valence-electron chi connectivity index (χ0n) is 49.5. The lowest BCUT2D eigenvalue weighted by Crippen LogP contribution is -2.62. The molecule has 478 valence electrons. The van der Waals surface area contributed by atoms with Crippen molar-refractivity contribution in [3.63, 3.8) is 0 Å². The van der Waals surface area contributed by atoms with E-state index in [2.05, 4.69) is 72.8 Å². The summed E-state index contributed by atoms with van der Waals surface area (Å²) in [4.78, 5) is 128. The molecule has 10 atom stereocenters. The fraction of sp³-hybridized carbons (Fsp3) is 0.359. The van der Waals surface area contributed by atoms with Crippen LogP contribution in [0.3, 0.4) is 0 Å². The number of amides is 8. The highest BCUT2D eigenvalue weighted by atomic mass is 32.1. The van der Waals surface area contributed by atoms with Crippen molar-refractivity contribution in [3.05, 3.63) is 161 Å². The molecule has 1 aliphatic carbocycles. The zero-order chi connectivity index (χ0) is 65.0. The second-order valence-electron chi connectivity index (χ2n) is 21.9. The fourth-order valence-electron chi connectivity index (χ4n) is 10.5. The number of aromatic nitrogens is 1. The molecule has 6 aromatic rings. The number of hydrogen-bond donors (Lipinski definition) is 16. The molecule has 8 amide bonds. The number of ether oxygens (including phenoxy) is 1.